The first kappa shape index (κ1) is 19.1. The highest BCUT2D eigenvalue weighted by Gasteiger charge is 2.34. The van der Waals surface area contributed by atoms with Crippen molar-refractivity contribution in [3.63, 3.8) is 0 Å². The van der Waals surface area contributed by atoms with E-state index in [4.69, 9.17) is 0 Å². The van der Waals surface area contributed by atoms with Crippen LogP contribution in [0.5, 0.6) is 0 Å². The summed E-state index contributed by atoms with van der Waals surface area (Å²) in [4.78, 5) is 20.5. The molecule has 0 bridgehead atoms. The molecule has 1 aromatic rings. The molecule has 0 aromatic carbocycles. The van der Waals surface area contributed by atoms with E-state index >= 15 is 0 Å². The number of amides is 1. The lowest BCUT2D eigenvalue weighted by Gasteiger charge is -2.33. The van der Waals surface area contributed by atoms with Gasteiger partial charge >= 0.3 is 0 Å². The number of piperidine rings is 1. The molecule has 7 nitrogen and oxygen atoms in total. The number of rotatable bonds is 5. The number of anilines is 1. The van der Waals surface area contributed by atoms with Gasteiger partial charge in [0, 0.05) is 39.4 Å². The van der Waals surface area contributed by atoms with Crippen molar-refractivity contribution in [2.75, 3.05) is 32.1 Å². The van der Waals surface area contributed by atoms with E-state index < -0.39 is 15.3 Å². The van der Waals surface area contributed by atoms with E-state index in [0.29, 0.717) is 24.9 Å². The van der Waals surface area contributed by atoms with Crippen LogP contribution >= 0.6 is 0 Å². The van der Waals surface area contributed by atoms with Gasteiger partial charge in [-0.2, -0.15) is 0 Å². The number of carbonyl (C=O) groups is 1. The Kier molecular flexibility index (Phi) is 5.82. The zero-order chi connectivity index (χ0) is 18.7. The molecular formula is C18H28N4O3S. The second-order valence-electron chi connectivity index (χ2n) is 7.46. The van der Waals surface area contributed by atoms with Gasteiger partial charge in [0.2, 0.25) is 10.0 Å². The smallest absolute Gasteiger partial charge is 0.255 e. The summed E-state index contributed by atoms with van der Waals surface area (Å²) in [5.41, 5.74) is 0.498. The van der Waals surface area contributed by atoms with Gasteiger partial charge in [-0.25, -0.2) is 18.1 Å². The van der Waals surface area contributed by atoms with E-state index in [1.54, 1.807) is 23.2 Å². The molecule has 2 heterocycles. The molecule has 2 fully saturated rings. The highest BCUT2D eigenvalue weighted by atomic mass is 32.2. The maximum atomic E-state index is 12.8. The zero-order valence-electron chi connectivity index (χ0n) is 15.5. The first-order valence-electron chi connectivity index (χ1n) is 9.30. The molecule has 1 N–H and O–H groups in total. The van der Waals surface area contributed by atoms with Gasteiger partial charge in [0.05, 0.1) is 10.8 Å². The predicted octanol–water partition coefficient (Wildman–Crippen LogP) is 1.61. The lowest BCUT2D eigenvalue weighted by Crippen LogP contribution is -2.49. The van der Waals surface area contributed by atoms with Gasteiger partial charge in [0.25, 0.3) is 5.91 Å². The van der Waals surface area contributed by atoms with Crippen molar-refractivity contribution in [2.45, 2.75) is 49.8 Å². The number of hydrogen-bond donors (Lipinski definition) is 1. The summed E-state index contributed by atoms with van der Waals surface area (Å²) in [6, 6.07) is 3.61. The minimum Gasteiger partial charge on any atom is -0.363 e. The molecule has 26 heavy (non-hydrogen) atoms. The molecule has 2 aliphatic rings. The molecule has 1 amide bonds. The molecule has 0 spiro atoms. The van der Waals surface area contributed by atoms with Gasteiger partial charge in [-0.15, -0.1) is 0 Å². The Morgan fingerprint density at radius 1 is 1.19 bits per heavy atom. The molecule has 0 radical (unpaired) electrons. The SMILES string of the molecule is CN(C)c1ccc(C(=O)N2CCC[C@H](S(=O)(=O)NC3CCCC3)C2)cn1. The second-order valence-corrected chi connectivity index (χ2v) is 9.45. The van der Waals surface area contributed by atoms with Gasteiger partial charge in [-0.05, 0) is 37.8 Å². The molecule has 1 aliphatic heterocycles. The van der Waals surface area contributed by atoms with Crippen LogP contribution in [0.15, 0.2) is 18.3 Å². The third-order valence-corrected chi connectivity index (χ3v) is 7.17. The number of hydrogen-bond acceptors (Lipinski definition) is 5. The van der Waals surface area contributed by atoms with Crippen LogP contribution in [-0.4, -0.2) is 62.7 Å². The number of nitrogens with one attached hydrogen (secondary N) is 1. The summed E-state index contributed by atoms with van der Waals surface area (Å²) in [6.45, 7) is 0.833. The van der Waals surface area contributed by atoms with E-state index in [9.17, 15) is 13.2 Å². The van der Waals surface area contributed by atoms with Crippen LogP contribution in [0, 0.1) is 0 Å². The second kappa shape index (κ2) is 7.92. The Bertz CT molecular complexity index is 727. The number of sulfonamides is 1. The average Bonchev–Trinajstić information content (AvgIpc) is 3.13. The predicted molar refractivity (Wildman–Crippen MR) is 102 cm³/mol. The highest BCUT2D eigenvalue weighted by molar-refractivity contribution is 7.90. The number of likely N-dealkylation sites (tertiary alicyclic amines) is 1. The standard InChI is InChI=1S/C18H28N4O3S/c1-21(2)17-10-9-14(12-19-17)18(23)22-11-5-8-16(13-22)26(24,25)20-15-6-3-4-7-15/h9-10,12,15-16,20H,3-8,11,13H2,1-2H3/t16-/m0/s1. The van der Waals surface area contributed by atoms with Gasteiger partial charge < -0.3 is 9.80 Å². The van der Waals surface area contributed by atoms with E-state index in [2.05, 4.69) is 9.71 Å². The van der Waals surface area contributed by atoms with Gasteiger partial charge in [-0.1, -0.05) is 12.8 Å². The van der Waals surface area contributed by atoms with Crippen molar-refractivity contribution >= 4 is 21.7 Å². The quantitative estimate of drug-likeness (QED) is 0.839. The largest absolute Gasteiger partial charge is 0.363 e. The van der Waals surface area contributed by atoms with Crippen LogP contribution in [0.2, 0.25) is 0 Å². The van der Waals surface area contributed by atoms with Crippen molar-refractivity contribution in [1.82, 2.24) is 14.6 Å². The molecule has 0 unspecified atom stereocenters. The van der Waals surface area contributed by atoms with Crippen LogP contribution < -0.4 is 9.62 Å². The summed E-state index contributed by atoms with van der Waals surface area (Å²) in [5.74, 6) is 0.630. The number of nitrogens with zero attached hydrogens (tertiary/aromatic N) is 3. The third-order valence-electron chi connectivity index (χ3n) is 5.24. The normalized spacial score (nSPS) is 21.8. The maximum Gasteiger partial charge on any atom is 0.255 e. The van der Waals surface area contributed by atoms with Crippen LogP contribution in [-0.2, 0) is 10.0 Å². The lowest BCUT2D eigenvalue weighted by atomic mass is 10.1. The zero-order valence-corrected chi connectivity index (χ0v) is 16.3. The van der Waals surface area contributed by atoms with E-state index in [0.717, 1.165) is 31.5 Å². The fraction of sp³-hybridized carbons (Fsp3) is 0.667. The number of carbonyl (C=O) groups excluding carboxylic acids is 1. The van der Waals surface area contributed by atoms with Gasteiger partial charge in [0.1, 0.15) is 5.82 Å². The molecule has 1 aliphatic carbocycles. The summed E-state index contributed by atoms with van der Waals surface area (Å²) in [5, 5.41) is -0.533. The van der Waals surface area contributed by atoms with Crippen molar-refractivity contribution in [2.24, 2.45) is 0 Å². The van der Waals surface area contributed by atoms with Gasteiger partial charge in [-0.3, -0.25) is 4.79 Å². The molecule has 1 saturated carbocycles. The van der Waals surface area contributed by atoms with E-state index in [1.165, 1.54) is 0 Å². The Morgan fingerprint density at radius 3 is 2.54 bits per heavy atom. The Hall–Kier alpha value is -1.67. The van der Waals surface area contributed by atoms with Crippen molar-refractivity contribution in [3.8, 4) is 0 Å². The maximum absolute atomic E-state index is 12.8. The molecule has 8 heteroatoms. The van der Waals surface area contributed by atoms with Crippen LogP contribution in [0.1, 0.15) is 48.9 Å². The van der Waals surface area contributed by atoms with Crippen LogP contribution in [0.25, 0.3) is 0 Å². The lowest BCUT2D eigenvalue weighted by molar-refractivity contribution is 0.0726. The molecule has 1 saturated heterocycles. The average molecular weight is 381 g/mol. The summed E-state index contributed by atoms with van der Waals surface area (Å²) in [7, 11) is 0.381. The summed E-state index contributed by atoms with van der Waals surface area (Å²) >= 11 is 0. The molecule has 1 aromatic heterocycles. The van der Waals surface area contributed by atoms with Crippen molar-refractivity contribution < 1.29 is 13.2 Å². The van der Waals surface area contributed by atoms with E-state index in [1.807, 2.05) is 19.0 Å². The molecular weight excluding hydrogens is 352 g/mol. The molecule has 144 valence electrons. The van der Waals surface area contributed by atoms with Crippen molar-refractivity contribution in [3.05, 3.63) is 23.9 Å². The first-order valence-corrected chi connectivity index (χ1v) is 10.9. The first-order chi connectivity index (χ1) is 12.4. The Balaban J connectivity index is 1.66. The van der Waals surface area contributed by atoms with Crippen LogP contribution in [0.3, 0.4) is 0 Å². The Labute approximate surface area is 155 Å². The topological polar surface area (TPSA) is 82.6 Å². The highest BCUT2D eigenvalue weighted by Crippen LogP contribution is 2.23. The fourth-order valence-corrected chi connectivity index (χ4v) is 5.45. The summed E-state index contributed by atoms with van der Waals surface area (Å²) < 4.78 is 28.3. The molecule has 1 atom stereocenters. The number of pyridine rings is 1. The van der Waals surface area contributed by atoms with Gasteiger partial charge in [0.15, 0.2) is 0 Å². The molecule has 3 rings (SSSR count). The monoisotopic (exact) mass is 380 g/mol. The summed E-state index contributed by atoms with van der Waals surface area (Å²) in [6.07, 6.45) is 6.86. The van der Waals surface area contributed by atoms with E-state index in [-0.39, 0.29) is 18.5 Å². The Morgan fingerprint density at radius 2 is 1.92 bits per heavy atom. The third kappa shape index (κ3) is 4.35. The van der Waals surface area contributed by atoms with Crippen LogP contribution in [0.4, 0.5) is 5.82 Å². The van der Waals surface area contributed by atoms with Crippen molar-refractivity contribution in [1.29, 1.82) is 0 Å². The number of aromatic nitrogens is 1. The fourth-order valence-electron chi connectivity index (χ4n) is 3.71. The minimum absolute atomic E-state index is 0.0638. The minimum atomic E-state index is -3.40.